The zero-order chi connectivity index (χ0) is 15.1. The van der Waals surface area contributed by atoms with E-state index in [1.54, 1.807) is 13.1 Å². The summed E-state index contributed by atoms with van der Waals surface area (Å²) < 4.78 is 5.45. The Morgan fingerprint density at radius 1 is 1.35 bits per heavy atom. The van der Waals surface area contributed by atoms with Crippen LogP contribution in [0.25, 0.3) is 0 Å². The van der Waals surface area contributed by atoms with Gasteiger partial charge in [0.1, 0.15) is 5.75 Å². The van der Waals surface area contributed by atoms with Crippen LogP contribution in [0, 0.1) is 0 Å². The van der Waals surface area contributed by atoms with Crippen molar-refractivity contribution >= 4 is 11.9 Å². The predicted molar refractivity (Wildman–Crippen MR) is 75.9 cm³/mol. The van der Waals surface area contributed by atoms with Crippen molar-refractivity contribution in [2.45, 2.75) is 26.2 Å². The third kappa shape index (κ3) is 5.30. The van der Waals surface area contributed by atoms with Crippen LogP contribution in [0.15, 0.2) is 24.3 Å². The third-order valence-corrected chi connectivity index (χ3v) is 2.97. The molecule has 5 heteroatoms. The molecule has 0 heterocycles. The number of carbonyl (C=O) groups excluding carboxylic acids is 1. The predicted octanol–water partition coefficient (Wildman–Crippen LogP) is 2.12. The number of likely N-dealkylation sites (N-methyl/N-ethyl adjacent to an activating group) is 1. The van der Waals surface area contributed by atoms with E-state index in [0.717, 1.165) is 5.56 Å². The fourth-order valence-electron chi connectivity index (χ4n) is 1.61. The standard InChI is InChI=1S/C15H21NO4/c1-11(2)12-5-4-6-13(9-12)20-10-14(17)16(3)8-7-15(18)19/h4-6,9,11H,7-8,10H2,1-3H3,(H,18,19). The van der Waals surface area contributed by atoms with E-state index in [2.05, 4.69) is 13.8 Å². The summed E-state index contributed by atoms with van der Waals surface area (Å²) in [5.41, 5.74) is 1.15. The van der Waals surface area contributed by atoms with Gasteiger partial charge in [-0.1, -0.05) is 26.0 Å². The average molecular weight is 279 g/mol. The second-order valence-electron chi connectivity index (χ2n) is 4.97. The van der Waals surface area contributed by atoms with Crippen LogP contribution in [0.1, 0.15) is 31.7 Å². The van der Waals surface area contributed by atoms with E-state index in [0.29, 0.717) is 11.7 Å². The largest absolute Gasteiger partial charge is 0.484 e. The summed E-state index contributed by atoms with van der Waals surface area (Å²) in [7, 11) is 1.57. The number of nitrogens with zero attached hydrogens (tertiary/aromatic N) is 1. The quantitative estimate of drug-likeness (QED) is 0.830. The zero-order valence-electron chi connectivity index (χ0n) is 12.1. The monoisotopic (exact) mass is 279 g/mol. The number of hydrogen-bond acceptors (Lipinski definition) is 3. The number of carboxylic acids is 1. The first-order valence-corrected chi connectivity index (χ1v) is 6.58. The van der Waals surface area contributed by atoms with Crippen LogP contribution in [0.3, 0.4) is 0 Å². The zero-order valence-corrected chi connectivity index (χ0v) is 12.1. The van der Waals surface area contributed by atoms with Gasteiger partial charge in [-0.2, -0.15) is 0 Å². The number of hydrogen-bond donors (Lipinski definition) is 1. The van der Waals surface area contributed by atoms with E-state index >= 15 is 0 Å². The molecule has 0 aliphatic heterocycles. The van der Waals surface area contributed by atoms with Crippen molar-refractivity contribution in [1.82, 2.24) is 4.90 Å². The van der Waals surface area contributed by atoms with Gasteiger partial charge in [0, 0.05) is 13.6 Å². The first-order chi connectivity index (χ1) is 9.40. The lowest BCUT2D eigenvalue weighted by molar-refractivity contribution is -0.138. The number of benzene rings is 1. The molecule has 1 rings (SSSR count). The van der Waals surface area contributed by atoms with Crippen molar-refractivity contribution in [3.63, 3.8) is 0 Å². The van der Waals surface area contributed by atoms with Crippen molar-refractivity contribution in [3.05, 3.63) is 29.8 Å². The van der Waals surface area contributed by atoms with Crippen LogP contribution < -0.4 is 4.74 Å². The Morgan fingerprint density at radius 3 is 2.65 bits per heavy atom. The van der Waals surface area contributed by atoms with Crippen LogP contribution in [-0.4, -0.2) is 42.1 Å². The van der Waals surface area contributed by atoms with E-state index in [1.807, 2.05) is 18.2 Å². The smallest absolute Gasteiger partial charge is 0.305 e. The molecular weight excluding hydrogens is 258 g/mol. The lowest BCUT2D eigenvalue weighted by atomic mass is 10.0. The first kappa shape index (κ1) is 16.0. The number of rotatable bonds is 7. The lowest BCUT2D eigenvalue weighted by Crippen LogP contribution is -2.33. The summed E-state index contributed by atoms with van der Waals surface area (Å²) in [5, 5.41) is 8.57. The number of carbonyl (C=O) groups is 2. The maximum atomic E-state index is 11.8. The van der Waals surface area contributed by atoms with Crippen molar-refractivity contribution in [2.24, 2.45) is 0 Å². The molecule has 0 aromatic heterocycles. The molecule has 1 aromatic carbocycles. The Kier molecular flexibility index (Phi) is 6.03. The second-order valence-corrected chi connectivity index (χ2v) is 4.97. The Hall–Kier alpha value is -2.04. The molecule has 0 aliphatic rings. The highest BCUT2D eigenvalue weighted by atomic mass is 16.5. The summed E-state index contributed by atoms with van der Waals surface area (Å²) in [6, 6.07) is 7.62. The van der Waals surface area contributed by atoms with Gasteiger partial charge in [0.05, 0.1) is 6.42 Å². The molecule has 1 N–H and O–H groups in total. The highest BCUT2D eigenvalue weighted by Crippen LogP contribution is 2.20. The van der Waals surface area contributed by atoms with Gasteiger partial charge >= 0.3 is 5.97 Å². The van der Waals surface area contributed by atoms with Crippen molar-refractivity contribution in [2.75, 3.05) is 20.2 Å². The number of carboxylic acid groups (broad SMARTS) is 1. The van der Waals surface area contributed by atoms with Gasteiger partial charge in [-0.3, -0.25) is 9.59 Å². The summed E-state index contributed by atoms with van der Waals surface area (Å²) in [6.07, 6.45) is -0.0644. The molecule has 0 unspecified atom stereocenters. The number of ether oxygens (including phenoxy) is 1. The molecule has 0 radical (unpaired) electrons. The third-order valence-electron chi connectivity index (χ3n) is 2.97. The summed E-state index contributed by atoms with van der Waals surface area (Å²) in [4.78, 5) is 23.6. The van der Waals surface area contributed by atoms with Gasteiger partial charge in [-0.15, -0.1) is 0 Å². The molecular formula is C15H21NO4. The Bertz CT molecular complexity index is 471. The molecule has 0 saturated carbocycles. The van der Waals surface area contributed by atoms with E-state index in [4.69, 9.17) is 9.84 Å². The molecule has 0 saturated heterocycles. The maximum absolute atomic E-state index is 11.8. The summed E-state index contributed by atoms with van der Waals surface area (Å²) >= 11 is 0. The van der Waals surface area contributed by atoms with Gasteiger partial charge in [-0.25, -0.2) is 0 Å². The summed E-state index contributed by atoms with van der Waals surface area (Å²) in [6.45, 7) is 4.27. The van der Waals surface area contributed by atoms with Gasteiger partial charge in [0.25, 0.3) is 5.91 Å². The highest BCUT2D eigenvalue weighted by molar-refractivity contribution is 5.78. The molecule has 20 heavy (non-hydrogen) atoms. The molecule has 1 amide bonds. The van der Waals surface area contributed by atoms with Gasteiger partial charge in [0.15, 0.2) is 6.61 Å². The van der Waals surface area contributed by atoms with Crippen LogP contribution in [0.2, 0.25) is 0 Å². The molecule has 0 spiro atoms. The molecule has 5 nitrogen and oxygen atoms in total. The Balaban J connectivity index is 2.48. The lowest BCUT2D eigenvalue weighted by Gasteiger charge is -2.16. The van der Waals surface area contributed by atoms with Gasteiger partial charge < -0.3 is 14.7 Å². The Morgan fingerprint density at radius 2 is 2.05 bits per heavy atom. The van der Waals surface area contributed by atoms with Crippen molar-refractivity contribution in [1.29, 1.82) is 0 Å². The minimum absolute atomic E-state index is 0.0644. The first-order valence-electron chi connectivity index (χ1n) is 6.58. The Labute approximate surface area is 119 Å². The fourth-order valence-corrected chi connectivity index (χ4v) is 1.61. The molecule has 110 valence electrons. The van der Waals surface area contributed by atoms with Crippen LogP contribution in [-0.2, 0) is 9.59 Å². The van der Waals surface area contributed by atoms with Gasteiger partial charge in [-0.05, 0) is 23.6 Å². The van der Waals surface area contributed by atoms with Crippen LogP contribution in [0.5, 0.6) is 5.75 Å². The second kappa shape index (κ2) is 7.53. The maximum Gasteiger partial charge on any atom is 0.305 e. The molecule has 0 bridgehead atoms. The van der Waals surface area contributed by atoms with E-state index in [-0.39, 0.29) is 25.5 Å². The SMILES string of the molecule is CC(C)c1cccc(OCC(=O)N(C)CCC(=O)O)c1. The minimum atomic E-state index is -0.921. The summed E-state index contributed by atoms with van der Waals surface area (Å²) in [5.74, 6) is -0.111. The molecule has 0 aliphatic carbocycles. The topological polar surface area (TPSA) is 66.8 Å². The normalized spacial score (nSPS) is 10.4. The highest BCUT2D eigenvalue weighted by Gasteiger charge is 2.11. The molecule has 0 atom stereocenters. The fraction of sp³-hybridized carbons (Fsp3) is 0.467. The van der Waals surface area contributed by atoms with E-state index in [9.17, 15) is 9.59 Å². The number of aliphatic carboxylic acids is 1. The number of amides is 1. The van der Waals surface area contributed by atoms with E-state index < -0.39 is 5.97 Å². The average Bonchev–Trinajstić information content (AvgIpc) is 2.42. The van der Waals surface area contributed by atoms with Crippen molar-refractivity contribution < 1.29 is 19.4 Å². The minimum Gasteiger partial charge on any atom is -0.484 e. The molecule has 0 fully saturated rings. The van der Waals surface area contributed by atoms with Crippen LogP contribution in [0.4, 0.5) is 0 Å². The van der Waals surface area contributed by atoms with E-state index in [1.165, 1.54) is 4.90 Å². The van der Waals surface area contributed by atoms with Crippen LogP contribution >= 0.6 is 0 Å². The van der Waals surface area contributed by atoms with Crippen molar-refractivity contribution in [3.8, 4) is 5.75 Å². The van der Waals surface area contributed by atoms with Gasteiger partial charge in [0.2, 0.25) is 0 Å². The molecule has 1 aromatic rings.